The number of rotatable bonds is 8. The third-order valence-electron chi connectivity index (χ3n) is 4.07. The highest BCUT2D eigenvalue weighted by molar-refractivity contribution is 5.88. The number of aliphatic carboxylic acids is 1. The molecule has 6 heteroatoms. The highest BCUT2D eigenvalue weighted by atomic mass is 16.4. The molecule has 1 unspecified atom stereocenters. The predicted octanol–water partition coefficient (Wildman–Crippen LogP) is 0.943. The van der Waals surface area contributed by atoms with Crippen molar-refractivity contribution in [2.45, 2.75) is 51.0 Å². The molecule has 2 amide bonds. The Labute approximate surface area is 135 Å². The number of aryl methyl sites for hydroxylation is 3. The Balaban J connectivity index is 1.78. The van der Waals surface area contributed by atoms with Crippen LogP contribution in [0, 0.1) is 0 Å². The van der Waals surface area contributed by atoms with Gasteiger partial charge in [-0.1, -0.05) is 18.2 Å². The minimum absolute atomic E-state index is 0.222. The van der Waals surface area contributed by atoms with Crippen LogP contribution >= 0.6 is 0 Å². The summed E-state index contributed by atoms with van der Waals surface area (Å²) in [6.45, 7) is 0. The van der Waals surface area contributed by atoms with Crippen molar-refractivity contribution in [1.82, 2.24) is 5.32 Å². The number of carboxylic acid groups (broad SMARTS) is 1. The Morgan fingerprint density at radius 1 is 1.22 bits per heavy atom. The second-order valence-corrected chi connectivity index (χ2v) is 5.94. The number of benzene rings is 1. The summed E-state index contributed by atoms with van der Waals surface area (Å²) in [5, 5.41) is 11.3. The smallest absolute Gasteiger partial charge is 0.326 e. The first-order valence-corrected chi connectivity index (χ1v) is 7.87. The van der Waals surface area contributed by atoms with Gasteiger partial charge in [-0.15, -0.1) is 0 Å². The van der Waals surface area contributed by atoms with Gasteiger partial charge in [0.15, 0.2) is 0 Å². The molecule has 0 aromatic heterocycles. The molecular formula is C17H22N2O4. The number of amides is 2. The normalized spacial score (nSPS) is 14.1. The zero-order valence-corrected chi connectivity index (χ0v) is 13.0. The number of primary amides is 1. The molecule has 1 aliphatic rings. The summed E-state index contributed by atoms with van der Waals surface area (Å²) in [6.07, 6.45) is 4.70. The summed E-state index contributed by atoms with van der Waals surface area (Å²) >= 11 is 0. The van der Waals surface area contributed by atoms with E-state index in [-0.39, 0.29) is 12.3 Å². The third kappa shape index (κ3) is 5.09. The largest absolute Gasteiger partial charge is 0.480 e. The van der Waals surface area contributed by atoms with E-state index in [0.29, 0.717) is 6.42 Å². The lowest BCUT2D eigenvalue weighted by molar-refractivity contribution is -0.143. The number of carbonyl (C=O) groups is 3. The van der Waals surface area contributed by atoms with Crippen LogP contribution in [0.15, 0.2) is 18.2 Å². The lowest BCUT2D eigenvalue weighted by atomic mass is 10.0. The molecule has 1 aromatic rings. The molecule has 0 aliphatic heterocycles. The summed E-state index contributed by atoms with van der Waals surface area (Å²) in [6, 6.07) is 5.20. The van der Waals surface area contributed by atoms with Gasteiger partial charge in [0, 0.05) is 6.42 Å². The molecule has 124 valence electrons. The van der Waals surface area contributed by atoms with Crippen molar-refractivity contribution < 1.29 is 19.5 Å². The summed E-state index contributed by atoms with van der Waals surface area (Å²) in [5.74, 6) is -2.38. The molecule has 6 nitrogen and oxygen atoms in total. The molecule has 1 atom stereocenters. The highest BCUT2D eigenvalue weighted by Crippen LogP contribution is 2.23. The monoisotopic (exact) mass is 318 g/mol. The van der Waals surface area contributed by atoms with Crippen LogP contribution in [0.5, 0.6) is 0 Å². The van der Waals surface area contributed by atoms with Crippen LogP contribution in [0.1, 0.15) is 42.4 Å². The van der Waals surface area contributed by atoms with Gasteiger partial charge in [-0.2, -0.15) is 0 Å². The fraction of sp³-hybridized carbons (Fsp3) is 0.471. The standard InChI is InChI=1S/C17H22N2O4/c18-15(20)10-14(17(22)23)19-16(21)6-1-3-11-7-8-12-4-2-5-13(12)9-11/h7-9,14H,1-6,10H2,(H2,18,20)(H,19,21)(H,22,23). The molecule has 0 radical (unpaired) electrons. The molecule has 0 bridgehead atoms. The number of nitrogens with one attached hydrogen (secondary N) is 1. The number of fused-ring (bicyclic) bond motifs is 1. The lowest BCUT2D eigenvalue weighted by Crippen LogP contribution is -2.43. The fourth-order valence-electron chi connectivity index (χ4n) is 2.90. The molecular weight excluding hydrogens is 296 g/mol. The van der Waals surface area contributed by atoms with E-state index in [4.69, 9.17) is 10.8 Å². The second kappa shape index (κ2) is 7.76. The van der Waals surface area contributed by atoms with E-state index in [2.05, 4.69) is 23.5 Å². The molecule has 0 spiro atoms. The van der Waals surface area contributed by atoms with E-state index < -0.39 is 24.3 Å². The van der Waals surface area contributed by atoms with Crippen LogP contribution in [0.3, 0.4) is 0 Å². The van der Waals surface area contributed by atoms with Gasteiger partial charge < -0.3 is 16.2 Å². The number of carbonyl (C=O) groups excluding carboxylic acids is 2. The van der Waals surface area contributed by atoms with E-state index in [1.807, 2.05) is 0 Å². The average molecular weight is 318 g/mol. The average Bonchev–Trinajstić information content (AvgIpc) is 2.93. The van der Waals surface area contributed by atoms with Crippen molar-refractivity contribution in [1.29, 1.82) is 0 Å². The van der Waals surface area contributed by atoms with E-state index in [9.17, 15) is 14.4 Å². The number of nitrogens with two attached hydrogens (primary N) is 1. The van der Waals surface area contributed by atoms with Gasteiger partial charge in [0.05, 0.1) is 6.42 Å². The fourth-order valence-corrected chi connectivity index (χ4v) is 2.90. The molecule has 4 N–H and O–H groups in total. The van der Waals surface area contributed by atoms with E-state index in [1.165, 1.54) is 23.1 Å². The van der Waals surface area contributed by atoms with Gasteiger partial charge >= 0.3 is 5.97 Å². The van der Waals surface area contributed by atoms with E-state index in [0.717, 1.165) is 19.3 Å². The van der Waals surface area contributed by atoms with Gasteiger partial charge in [0.2, 0.25) is 11.8 Å². The predicted molar refractivity (Wildman–Crippen MR) is 84.8 cm³/mol. The second-order valence-electron chi connectivity index (χ2n) is 5.94. The van der Waals surface area contributed by atoms with Gasteiger partial charge in [0.25, 0.3) is 0 Å². The Morgan fingerprint density at radius 3 is 2.65 bits per heavy atom. The quantitative estimate of drug-likeness (QED) is 0.662. The van der Waals surface area contributed by atoms with Crippen molar-refractivity contribution in [2.24, 2.45) is 5.73 Å². The minimum Gasteiger partial charge on any atom is -0.480 e. The minimum atomic E-state index is -1.25. The first kappa shape index (κ1) is 17.0. The van der Waals surface area contributed by atoms with Crippen molar-refractivity contribution in [3.63, 3.8) is 0 Å². The first-order valence-electron chi connectivity index (χ1n) is 7.87. The van der Waals surface area contributed by atoms with Gasteiger partial charge in [0.1, 0.15) is 6.04 Å². The molecule has 1 aliphatic carbocycles. The van der Waals surface area contributed by atoms with E-state index >= 15 is 0 Å². The highest BCUT2D eigenvalue weighted by Gasteiger charge is 2.21. The van der Waals surface area contributed by atoms with Crippen LogP contribution < -0.4 is 11.1 Å². The van der Waals surface area contributed by atoms with E-state index in [1.54, 1.807) is 0 Å². The number of hydrogen-bond acceptors (Lipinski definition) is 3. The zero-order chi connectivity index (χ0) is 16.8. The molecule has 0 heterocycles. The maximum Gasteiger partial charge on any atom is 0.326 e. The lowest BCUT2D eigenvalue weighted by Gasteiger charge is -2.12. The SMILES string of the molecule is NC(=O)CC(NC(=O)CCCc1ccc2c(c1)CCC2)C(=O)O. The van der Waals surface area contributed by atoms with Crippen molar-refractivity contribution in [3.8, 4) is 0 Å². The molecule has 2 rings (SSSR count). The van der Waals surface area contributed by atoms with Crippen LogP contribution in [0.4, 0.5) is 0 Å². The summed E-state index contributed by atoms with van der Waals surface area (Å²) in [5.41, 5.74) is 8.99. The Bertz CT molecular complexity index is 613. The Kier molecular flexibility index (Phi) is 5.73. The van der Waals surface area contributed by atoms with Crippen LogP contribution in [0.25, 0.3) is 0 Å². The number of carboxylic acids is 1. The molecule has 0 saturated heterocycles. The third-order valence-corrected chi connectivity index (χ3v) is 4.07. The maximum atomic E-state index is 11.8. The van der Waals surface area contributed by atoms with Crippen LogP contribution in [0.2, 0.25) is 0 Å². The maximum absolute atomic E-state index is 11.8. The Hall–Kier alpha value is -2.37. The topological polar surface area (TPSA) is 109 Å². The van der Waals surface area contributed by atoms with Gasteiger partial charge in [-0.3, -0.25) is 9.59 Å². The summed E-state index contributed by atoms with van der Waals surface area (Å²) in [4.78, 5) is 33.5. The Morgan fingerprint density at radius 2 is 1.96 bits per heavy atom. The van der Waals surface area contributed by atoms with Crippen LogP contribution in [-0.4, -0.2) is 28.9 Å². The number of hydrogen-bond donors (Lipinski definition) is 3. The molecule has 0 saturated carbocycles. The van der Waals surface area contributed by atoms with Gasteiger partial charge in [-0.25, -0.2) is 4.79 Å². The van der Waals surface area contributed by atoms with Crippen molar-refractivity contribution in [2.75, 3.05) is 0 Å². The van der Waals surface area contributed by atoms with Crippen molar-refractivity contribution >= 4 is 17.8 Å². The van der Waals surface area contributed by atoms with Gasteiger partial charge in [-0.05, 0) is 48.8 Å². The van der Waals surface area contributed by atoms with Crippen LogP contribution in [-0.2, 0) is 33.6 Å². The first-order chi connectivity index (χ1) is 11.0. The zero-order valence-electron chi connectivity index (χ0n) is 13.0. The molecule has 23 heavy (non-hydrogen) atoms. The molecule has 0 fully saturated rings. The summed E-state index contributed by atoms with van der Waals surface area (Å²) < 4.78 is 0. The van der Waals surface area contributed by atoms with Crippen molar-refractivity contribution in [3.05, 3.63) is 34.9 Å². The molecule has 1 aromatic carbocycles. The summed E-state index contributed by atoms with van der Waals surface area (Å²) in [7, 11) is 0.